The van der Waals surface area contributed by atoms with Crippen molar-refractivity contribution in [3.63, 3.8) is 0 Å². The van der Waals surface area contributed by atoms with E-state index in [-0.39, 0.29) is 6.04 Å². The van der Waals surface area contributed by atoms with Crippen LogP contribution in [0.1, 0.15) is 31.0 Å². The first-order valence-electron chi connectivity index (χ1n) is 6.06. The smallest absolute Gasteiger partial charge is 0.323 e. The summed E-state index contributed by atoms with van der Waals surface area (Å²) in [5.74, 6) is -0.826. The third-order valence-electron chi connectivity index (χ3n) is 3.82. The van der Waals surface area contributed by atoms with E-state index in [4.69, 9.17) is 4.74 Å². The first kappa shape index (κ1) is 13.1. The quantitative estimate of drug-likeness (QED) is 0.890. The van der Waals surface area contributed by atoms with E-state index in [1.165, 1.54) is 5.56 Å². The molecular formula is C14H19NO3. The van der Waals surface area contributed by atoms with Crippen molar-refractivity contribution >= 4 is 5.97 Å². The van der Waals surface area contributed by atoms with Crippen LogP contribution >= 0.6 is 0 Å². The molecule has 98 valence electrons. The maximum Gasteiger partial charge on any atom is 0.323 e. The van der Waals surface area contributed by atoms with Crippen LogP contribution in [0.2, 0.25) is 0 Å². The number of ether oxygens (including phenoxy) is 1. The topological polar surface area (TPSA) is 49.8 Å². The summed E-state index contributed by atoms with van der Waals surface area (Å²) in [6.45, 7) is 4.57. The van der Waals surface area contributed by atoms with Crippen LogP contribution in [-0.2, 0) is 16.1 Å². The van der Waals surface area contributed by atoms with Gasteiger partial charge in [0, 0.05) is 0 Å². The number of nitrogens with zero attached hydrogens (tertiary/aromatic N) is 1. The van der Waals surface area contributed by atoms with Gasteiger partial charge >= 0.3 is 5.97 Å². The molecule has 0 saturated heterocycles. The van der Waals surface area contributed by atoms with Gasteiger partial charge in [-0.2, -0.15) is 0 Å². The Bertz CT molecular complexity index is 456. The number of carboxylic acids is 1. The molecule has 0 spiro atoms. The van der Waals surface area contributed by atoms with Gasteiger partial charge < -0.3 is 9.84 Å². The maximum absolute atomic E-state index is 11.3. The number of hydrogen-bond acceptors (Lipinski definition) is 3. The molecule has 0 bridgehead atoms. The van der Waals surface area contributed by atoms with Gasteiger partial charge in [-0.25, -0.2) is 0 Å². The molecule has 1 atom stereocenters. The van der Waals surface area contributed by atoms with Crippen LogP contribution in [0.5, 0.6) is 0 Å². The van der Waals surface area contributed by atoms with Crippen LogP contribution in [0, 0.1) is 0 Å². The Labute approximate surface area is 107 Å². The normalized spacial score (nSPS) is 19.7. The third kappa shape index (κ3) is 2.13. The lowest BCUT2D eigenvalue weighted by molar-refractivity contribution is -0.151. The summed E-state index contributed by atoms with van der Waals surface area (Å²) in [5, 5.41) is 9.31. The summed E-state index contributed by atoms with van der Waals surface area (Å²) in [6.07, 6.45) is 0. The summed E-state index contributed by atoms with van der Waals surface area (Å²) in [6, 6.07) is 8.03. The minimum Gasteiger partial charge on any atom is -0.480 e. The summed E-state index contributed by atoms with van der Waals surface area (Å²) in [7, 11) is 1.84. The Balaban J connectivity index is 2.33. The van der Waals surface area contributed by atoms with Crippen molar-refractivity contribution in [1.29, 1.82) is 0 Å². The van der Waals surface area contributed by atoms with Crippen molar-refractivity contribution in [2.45, 2.75) is 32.0 Å². The third-order valence-corrected chi connectivity index (χ3v) is 3.82. The monoisotopic (exact) mass is 249 g/mol. The van der Waals surface area contributed by atoms with E-state index < -0.39 is 11.5 Å². The van der Waals surface area contributed by atoms with E-state index >= 15 is 0 Å². The zero-order chi connectivity index (χ0) is 13.3. The van der Waals surface area contributed by atoms with Gasteiger partial charge in [0.2, 0.25) is 0 Å². The van der Waals surface area contributed by atoms with E-state index in [0.29, 0.717) is 13.2 Å². The van der Waals surface area contributed by atoms with Crippen LogP contribution in [0.25, 0.3) is 0 Å². The summed E-state index contributed by atoms with van der Waals surface area (Å²) >= 11 is 0. The molecule has 0 fully saturated rings. The highest BCUT2D eigenvalue weighted by Gasteiger charge is 2.38. The van der Waals surface area contributed by atoms with E-state index in [1.807, 2.05) is 30.1 Å². The molecule has 0 aromatic heterocycles. The van der Waals surface area contributed by atoms with Gasteiger partial charge in [-0.1, -0.05) is 24.3 Å². The molecule has 1 N–H and O–H groups in total. The van der Waals surface area contributed by atoms with Gasteiger partial charge in [0.1, 0.15) is 5.54 Å². The number of carbonyl (C=O) groups is 1. The Kier molecular flexibility index (Phi) is 3.41. The highest BCUT2D eigenvalue weighted by molar-refractivity contribution is 5.77. The highest BCUT2D eigenvalue weighted by Crippen LogP contribution is 2.32. The lowest BCUT2D eigenvalue weighted by Crippen LogP contribution is -2.51. The fourth-order valence-corrected chi connectivity index (χ4v) is 2.22. The second-order valence-corrected chi connectivity index (χ2v) is 5.20. The van der Waals surface area contributed by atoms with Crippen molar-refractivity contribution < 1.29 is 14.6 Å². The maximum atomic E-state index is 11.3. The molecule has 18 heavy (non-hydrogen) atoms. The standard InChI is InChI=1S/C14H19NO3/c1-14(2,13(16)17)15(3)12-9-18-8-10-6-4-5-7-11(10)12/h4-7,12H,8-9H2,1-3H3,(H,16,17). The number of likely N-dealkylation sites (N-methyl/N-ethyl adjacent to an activating group) is 1. The van der Waals surface area contributed by atoms with Crippen LogP contribution in [0.15, 0.2) is 24.3 Å². The van der Waals surface area contributed by atoms with Crippen LogP contribution in [0.4, 0.5) is 0 Å². The molecule has 1 aromatic carbocycles. The number of aliphatic carboxylic acids is 1. The van der Waals surface area contributed by atoms with Crippen LogP contribution < -0.4 is 0 Å². The van der Waals surface area contributed by atoms with Crippen LogP contribution in [-0.4, -0.2) is 35.2 Å². The van der Waals surface area contributed by atoms with E-state index in [9.17, 15) is 9.90 Å². The molecule has 4 nitrogen and oxygen atoms in total. The Morgan fingerprint density at radius 3 is 2.78 bits per heavy atom. The van der Waals surface area contributed by atoms with Gasteiger partial charge in [-0.05, 0) is 32.0 Å². The van der Waals surface area contributed by atoms with Gasteiger partial charge in [0.05, 0.1) is 19.3 Å². The molecule has 2 rings (SSSR count). The minimum absolute atomic E-state index is 0.0129. The molecule has 1 heterocycles. The van der Waals surface area contributed by atoms with Crippen LogP contribution in [0.3, 0.4) is 0 Å². The Morgan fingerprint density at radius 1 is 1.44 bits per heavy atom. The van der Waals surface area contributed by atoms with Crippen molar-refractivity contribution in [2.24, 2.45) is 0 Å². The second-order valence-electron chi connectivity index (χ2n) is 5.20. The number of fused-ring (bicyclic) bond motifs is 1. The number of hydrogen-bond donors (Lipinski definition) is 1. The lowest BCUT2D eigenvalue weighted by Gasteiger charge is -2.40. The van der Waals surface area contributed by atoms with E-state index in [0.717, 1.165) is 5.56 Å². The molecule has 1 aromatic rings. The summed E-state index contributed by atoms with van der Waals surface area (Å²) < 4.78 is 5.57. The van der Waals surface area contributed by atoms with Gasteiger partial charge in [-0.15, -0.1) is 0 Å². The lowest BCUT2D eigenvalue weighted by atomic mass is 9.93. The fraction of sp³-hybridized carbons (Fsp3) is 0.500. The molecule has 4 heteroatoms. The molecule has 1 aliphatic rings. The van der Waals surface area contributed by atoms with Gasteiger partial charge in [-0.3, -0.25) is 9.69 Å². The second kappa shape index (κ2) is 4.71. The Morgan fingerprint density at radius 2 is 2.11 bits per heavy atom. The van der Waals surface area contributed by atoms with Crippen molar-refractivity contribution in [3.8, 4) is 0 Å². The summed E-state index contributed by atoms with van der Waals surface area (Å²) in [5.41, 5.74) is 1.39. The predicted molar refractivity (Wildman–Crippen MR) is 68.3 cm³/mol. The van der Waals surface area contributed by atoms with Gasteiger partial charge in [0.25, 0.3) is 0 Å². The predicted octanol–water partition coefficient (Wildman–Crippen LogP) is 2.05. The molecule has 1 aliphatic heterocycles. The zero-order valence-corrected chi connectivity index (χ0v) is 11.0. The Hall–Kier alpha value is -1.39. The molecule has 0 aliphatic carbocycles. The first-order valence-corrected chi connectivity index (χ1v) is 6.06. The summed E-state index contributed by atoms with van der Waals surface area (Å²) in [4.78, 5) is 13.2. The first-order chi connectivity index (χ1) is 8.44. The largest absolute Gasteiger partial charge is 0.480 e. The van der Waals surface area contributed by atoms with Crippen molar-refractivity contribution in [3.05, 3.63) is 35.4 Å². The molecule has 0 radical (unpaired) electrons. The SMILES string of the molecule is CN(C1COCc2ccccc21)C(C)(C)C(=O)O. The average Bonchev–Trinajstić information content (AvgIpc) is 2.37. The average molecular weight is 249 g/mol. The van der Waals surface area contributed by atoms with Crippen molar-refractivity contribution in [1.82, 2.24) is 4.90 Å². The van der Waals surface area contributed by atoms with Crippen molar-refractivity contribution in [2.75, 3.05) is 13.7 Å². The van der Waals surface area contributed by atoms with E-state index in [2.05, 4.69) is 6.07 Å². The van der Waals surface area contributed by atoms with Gasteiger partial charge in [0.15, 0.2) is 0 Å². The highest BCUT2D eigenvalue weighted by atomic mass is 16.5. The number of benzene rings is 1. The number of rotatable bonds is 3. The molecule has 0 saturated carbocycles. The minimum atomic E-state index is -0.918. The molecular weight excluding hydrogens is 230 g/mol. The zero-order valence-electron chi connectivity index (χ0n) is 11.0. The molecule has 1 unspecified atom stereocenters. The molecule has 0 amide bonds. The number of carboxylic acid groups (broad SMARTS) is 1. The fourth-order valence-electron chi connectivity index (χ4n) is 2.22. The van der Waals surface area contributed by atoms with E-state index in [1.54, 1.807) is 13.8 Å².